The van der Waals surface area contributed by atoms with Crippen molar-refractivity contribution < 1.29 is 23.9 Å². The number of hydrogen-bond acceptors (Lipinski definition) is 5. The van der Waals surface area contributed by atoms with Crippen LogP contribution in [0.1, 0.15) is 16.7 Å². The lowest BCUT2D eigenvalue weighted by atomic mass is 9.98. The summed E-state index contributed by atoms with van der Waals surface area (Å²) in [5, 5.41) is 7.48. The van der Waals surface area contributed by atoms with Crippen LogP contribution in [-0.4, -0.2) is 37.2 Å². The van der Waals surface area contributed by atoms with Crippen LogP contribution in [0.25, 0.3) is 10.8 Å². The number of ether oxygens (including phenoxy) is 2. The lowest BCUT2D eigenvalue weighted by molar-refractivity contribution is -0.145. The summed E-state index contributed by atoms with van der Waals surface area (Å²) >= 11 is 0. The lowest BCUT2D eigenvalue weighted by Crippen LogP contribution is -2.53. The van der Waals surface area contributed by atoms with Crippen molar-refractivity contribution in [2.24, 2.45) is 0 Å². The van der Waals surface area contributed by atoms with Gasteiger partial charge in [-0.15, -0.1) is 0 Å². The van der Waals surface area contributed by atoms with Crippen molar-refractivity contribution in [2.75, 3.05) is 7.11 Å². The van der Waals surface area contributed by atoms with Gasteiger partial charge >= 0.3 is 12.1 Å². The molecule has 0 saturated heterocycles. The molecule has 4 aromatic rings. The van der Waals surface area contributed by atoms with Crippen LogP contribution in [0.2, 0.25) is 0 Å². The van der Waals surface area contributed by atoms with E-state index in [2.05, 4.69) is 10.6 Å². The molecule has 4 aromatic carbocycles. The Kier molecular flexibility index (Phi) is 9.07. The molecule has 0 spiro atoms. The van der Waals surface area contributed by atoms with Gasteiger partial charge in [-0.25, -0.2) is 9.59 Å². The standard InChI is InChI=1S/C31H30N2O5/c1-37-30(35)28(20-25-17-10-16-24-15-8-9-18-26(24)25)32-29(34)27(19-22-11-4-2-5-12-22)33-31(36)38-21-23-13-6-3-7-14-23/h2-18,27-28H,19-21H2,1H3,(H,32,34)(H,33,36)/t27-,28+/m1/s1. The van der Waals surface area contributed by atoms with E-state index < -0.39 is 30.1 Å². The first-order valence-electron chi connectivity index (χ1n) is 12.4. The van der Waals surface area contributed by atoms with Gasteiger partial charge in [0.05, 0.1) is 7.11 Å². The Balaban J connectivity index is 1.50. The average molecular weight is 511 g/mol. The van der Waals surface area contributed by atoms with Gasteiger partial charge in [0, 0.05) is 12.8 Å². The summed E-state index contributed by atoms with van der Waals surface area (Å²) < 4.78 is 10.3. The molecule has 2 N–H and O–H groups in total. The van der Waals surface area contributed by atoms with Crippen molar-refractivity contribution >= 4 is 28.7 Å². The fraction of sp³-hybridized carbons (Fsp3) is 0.194. The minimum Gasteiger partial charge on any atom is -0.467 e. The number of fused-ring (bicyclic) bond motifs is 1. The number of nitrogens with one attached hydrogen (secondary N) is 2. The third-order valence-corrected chi connectivity index (χ3v) is 6.21. The number of alkyl carbamates (subject to hydrolysis) is 1. The lowest BCUT2D eigenvalue weighted by Gasteiger charge is -2.23. The predicted molar refractivity (Wildman–Crippen MR) is 145 cm³/mol. The molecule has 194 valence electrons. The summed E-state index contributed by atoms with van der Waals surface area (Å²) in [5.41, 5.74) is 2.57. The highest BCUT2D eigenvalue weighted by atomic mass is 16.5. The SMILES string of the molecule is COC(=O)[C@H](Cc1cccc2ccccc12)NC(=O)[C@@H](Cc1ccccc1)NC(=O)OCc1ccccc1. The number of esters is 1. The van der Waals surface area contributed by atoms with Gasteiger partial charge in [0.1, 0.15) is 18.7 Å². The Morgan fingerprint density at radius 3 is 2.03 bits per heavy atom. The van der Waals surface area contributed by atoms with Gasteiger partial charge in [-0.05, 0) is 27.5 Å². The van der Waals surface area contributed by atoms with Gasteiger partial charge in [0.25, 0.3) is 0 Å². The van der Waals surface area contributed by atoms with Crippen LogP contribution in [0.3, 0.4) is 0 Å². The largest absolute Gasteiger partial charge is 0.467 e. The monoisotopic (exact) mass is 510 g/mol. The van der Waals surface area contributed by atoms with Crippen molar-refractivity contribution in [1.29, 1.82) is 0 Å². The smallest absolute Gasteiger partial charge is 0.408 e. The van der Waals surface area contributed by atoms with E-state index in [0.717, 1.165) is 27.5 Å². The Morgan fingerprint density at radius 1 is 0.684 bits per heavy atom. The summed E-state index contributed by atoms with van der Waals surface area (Å²) in [6, 6.07) is 30.3. The molecule has 0 fully saturated rings. The zero-order valence-corrected chi connectivity index (χ0v) is 21.1. The van der Waals surface area contributed by atoms with Crippen LogP contribution in [0.5, 0.6) is 0 Å². The van der Waals surface area contributed by atoms with Gasteiger partial charge in [0.2, 0.25) is 5.91 Å². The van der Waals surface area contributed by atoms with Crippen LogP contribution in [0.15, 0.2) is 103 Å². The van der Waals surface area contributed by atoms with Gasteiger partial charge in [-0.2, -0.15) is 0 Å². The molecule has 0 bridgehead atoms. The molecule has 0 aliphatic heterocycles. The molecular weight excluding hydrogens is 480 g/mol. The van der Waals surface area contributed by atoms with Crippen LogP contribution >= 0.6 is 0 Å². The van der Waals surface area contributed by atoms with Crippen molar-refractivity contribution in [2.45, 2.75) is 31.5 Å². The van der Waals surface area contributed by atoms with Gasteiger partial charge in [0.15, 0.2) is 0 Å². The van der Waals surface area contributed by atoms with Crippen molar-refractivity contribution in [3.05, 3.63) is 120 Å². The highest BCUT2D eigenvalue weighted by Crippen LogP contribution is 2.20. The molecule has 0 radical (unpaired) electrons. The minimum absolute atomic E-state index is 0.0677. The number of rotatable bonds is 10. The molecule has 0 aliphatic rings. The minimum atomic E-state index is -0.972. The maximum absolute atomic E-state index is 13.5. The van der Waals surface area contributed by atoms with E-state index in [1.165, 1.54) is 7.11 Å². The number of hydrogen-bond donors (Lipinski definition) is 2. The van der Waals surface area contributed by atoms with E-state index in [9.17, 15) is 14.4 Å². The molecule has 7 heteroatoms. The fourth-order valence-corrected chi connectivity index (χ4v) is 4.26. The normalized spacial score (nSPS) is 12.2. The Labute approximate surface area is 221 Å². The summed E-state index contributed by atoms with van der Waals surface area (Å²) in [6.07, 6.45) is -0.278. The second kappa shape index (κ2) is 13.1. The molecule has 38 heavy (non-hydrogen) atoms. The topological polar surface area (TPSA) is 93.7 Å². The number of amides is 2. The van der Waals surface area contributed by atoms with E-state index in [0.29, 0.717) is 0 Å². The molecule has 4 rings (SSSR count). The zero-order chi connectivity index (χ0) is 26.7. The second-order valence-corrected chi connectivity index (χ2v) is 8.88. The molecule has 0 unspecified atom stereocenters. The van der Waals surface area contributed by atoms with E-state index in [-0.39, 0.29) is 19.4 Å². The molecule has 0 heterocycles. The van der Waals surface area contributed by atoms with Crippen LogP contribution < -0.4 is 10.6 Å². The zero-order valence-electron chi connectivity index (χ0n) is 21.1. The van der Waals surface area contributed by atoms with Crippen molar-refractivity contribution in [3.63, 3.8) is 0 Å². The Morgan fingerprint density at radius 2 is 1.32 bits per heavy atom. The van der Waals surface area contributed by atoms with Gasteiger partial charge in [-0.1, -0.05) is 103 Å². The summed E-state index contributed by atoms with van der Waals surface area (Å²) in [5.74, 6) is -1.09. The number of benzene rings is 4. The maximum Gasteiger partial charge on any atom is 0.408 e. The van der Waals surface area contributed by atoms with E-state index >= 15 is 0 Å². The van der Waals surface area contributed by atoms with Crippen molar-refractivity contribution in [3.8, 4) is 0 Å². The molecule has 7 nitrogen and oxygen atoms in total. The third kappa shape index (κ3) is 7.20. The van der Waals surface area contributed by atoms with Gasteiger partial charge < -0.3 is 20.1 Å². The molecule has 2 atom stereocenters. The second-order valence-electron chi connectivity index (χ2n) is 8.88. The first-order valence-corrected chi connectivity index (χ1v) is 12.4. The number of methoxy groups -OCH3 is 1. The van der Waals surface area contributed by atoms with E-state index in [1.807, 2.05) is 103 Å². The number of carbonyl (C=O) groups is 3. The third-order valence-electron chi connectivity index (χ3n) is 6.21. The Hall–Kier alpha value is -4.65. The molecule has 0 aliphatic carbocycles. The first kappa shape index (κ1) is 26.4. The predicted octanol–water partition coefficient (Wildman–Crippen LogP) is 4.58. The Bertz CT molecular complexity index is 1370. The quantitative estimate of drug-likeness (QED) is 0.305. The maximum atomic E-state index is 13.5. The van der Waals surface area contributed by atoms with Crippen LogP contribution in [0.4, 0.5) is 4.79 Å². The highest BCUT2D eigenvalue weighted by molar-refractivity contribution is 5.91. The van der Waals surface area contributed by atoms with E-state index in [1.54, 1.807) is 0 Å². The van der Waals surface area contributed by atoms with E-state index in [4.69, 9.17) is 9.47 Å². The molecular formula is C31H30N2O5. The first-order chi connectivity index (χ1) is 18.5. The average Bonchev–Trinajstić information content (AvgIpc) is 2.96. The molecule has 0 aromatic heterocycles. The van der Waals surface area contributed by atoms with Crippen LogP contribution in [0, 0.1) is 0 Å². The summed E-state index contributed by atoms with van der Waals surface area (Å²) in [4.78, 5) is 38.8. The van der Waals surface area contributed by atoms with Crippen molar-refractivity contribution in [1.82, 2.24) is 10.6 Å². The fourth-order valence-electron chi connectivity index (χ4n) is 4.26. The van der Waals surface area contributed by atoms with Gasteiger partial charge in [-0.3, -0.25) is 4.79 Å². The molecule has 2 amide bonds. The van der Waals surface area contributed by atoms with Crippen LogP contribution in [-0.2, 0) is 38.5 Å². The molecule has 0 saturated carbocycles. The summed E-state index contributed by atoms with van der Waals surface area (Å²) in [6.45, 7) is 0.0677. The summed E-state index contributed by atoms with van der Waals surface area (Å²) in [7, 11) is 1.28. The number of carbonyl (C=O) groups excluding carboxylic acids is 3. The highest BCUT2D eigenvalue weighted by Gasteiger charge is 2.28.